The van der Waals surface area contributed by atoms with Gasteiger partial charge in [0.05, 0.1) is 23.7 Å². The van der Waals surface area contributed by atoms with E-state index in [4.69, 9.17) is 4.74 Å². The number of carbonyl (C=O) groups is 3. The number of nitrogens with zero attached hydrogens (tertiary/aromatic N) is 3. The third-order valence-corrected chi connectivity index (χ3v) is 7.67. The lowest BCUT2D eigenvalue weighted by molar-refractivity contribution is -0.00568. The third kappa shape index (κ3) is 4.58. The minimum atomic E-state index is -1.08. The van der Waals surface area contributed by atoms with E-state index in [1.54, 1.807) is 21.8 Å². The zero-order valence-corrected chi connectivity index (χ0v) is 21.5. The van der Waals surface area contributed by atoms with E-state index in [2.05, 4.69) is 5.10 Å². The molecule has 3 aromatic carbocycles. The number of Topliss-reactive ketones (excluding diaryl/α,β-unsaturated/α-hetero) is 1. The molecule has 2 aliphatic heterocycles. The molecule has 0 radical (unpaired) electrons. The SMILES string of the molecule is Cn1cc(-c2ccc3c(c2)C(=O)CC2(CCN(C(=O)c4cc(C(=O)O)ccc4-c4ccccc4)CC2)O3)cn1. The third-order valence-electron chi connectivity index (χ3n) is 7.67. The summed E-state index contributed by atoms with van der Waals surface area (Å²) in [6, 6.07) is 19.8. The first-order chi connectivity index (χ1) is 18.8. The number of amides is 1. The molecule has 1 N–H and O–H groups in total. The predicted octanol–water partition coefficient (Wildman–Crippen LogP) is 5.09. The lowest BCUT2D eigenvalue weighted by Gasteiger charge is -2.44. The van der Waals surface area contributed by atoms with E-state index < -0.39 is 11.6 Å². The molecule has 4 aromatic rings. The van der Waals surface area contributed by atoms with Crippen LogP contribution in [0, 0.1) is 0 Å². The van der Waals surface area contributed by atoms with Gasteiger partial charge >= 0.3 is 5.97 Å². The Morgan fingerprint density at radius 2 is 1.69 bits per heavy atom. The largest absolute Gasteiger partial charge is 0.486 e. The Morgan fingerprint density at radius 1 is 0.923 bits per heavy atom. The minimum absolute atomic E-state index is 0.0299. The second-order valence-electron chi connectivity index (χ2n) is 10.2. The van der Waals surface area contributed by atoms with Crippen LogP contribution in [0.15, 0.2) is 79.1 Å². The maximum Gasteiger partial charge on any atom is 0.335 e. The number of ketones is 1. The number of hydrogen-bond donors (Lipinski definition) is 1. The Morgan fingerprint density at radius 3 is 2.38 bits per heavy atom. The summed E-state index contributed by atoms with van der Waals surface area (Å²) >= 11 is 0. The number of carboxylic acids is 1. The number of fused-ring (bicyclic) bond motifs is 1. The smallest absolute Gasteiger partial charge is 0.335 e. The number of carbonyl (C=O) groups excluding carboxylic acids is 2. The number of aryl methyl sites for hydroxylation is 1. The molecule has 8 heteroatoms. The summed E-state index contributed by atoms with van der Waals surface area (Å²) < 4.78 is 8.17. The van der Waals surface area contributed by atoms with Crippen molar-refractivity contribution < 1.29 is 24.2 Å². The van der Waals surface area contributed by atoms with Crippen molar-refractivity contribution in [2.45, 2.75) is 24.9 Å². The van der Waals surface area contributed by atoms with Gasteiger partial charge in [-0.15, -0.1) is 0 Å². The number of rotatable bonds is 4. The molecule has 0 atom stereocenters. The first kappa shape index (κ1) is 24.6. The molecule has 39 heavy (non-hydrogen) atoms. The van der Waals surface area contributed by atoms with Gasteiger partial charge in [0, 0.05) is 50.3 Å². The van der Waals surface area contributed by atoms with Crippen LogP contribution in [0.2, 0.25) is 0 Å². The molecule has 0 saturated carbocycles. The van der Waals surface area contributed by atoms with Gasteiger partial charge in [-0.2, -0.15) is 5.10 Å². The van der Waals surface area contributed by atoms with Crippen LogP contribution >= 0.6 is 0 Å². The van der Waals surface area contributed by atoms with E-state index in [1.807, 2.05) is 61.8 Å². The predicted molar refractivity (Wildman–Crippen MR) is 145 cm³/mol. The summed E-state index contributed by atoms with van der Waals surface area (Å²) in [5.41, 5.74) is 3.69. The second-order valence-corrected chi connectivity index (χ2v) is 10.2. The van der Waals surface area contributed by atoms with Crippen LogP contribution in [-0.4, -0.2) is 56.1 Å². The summed E-state index contributed by atoms with van der Waals surface area (Å²) in [6.07, 6.45) is 4.93. The van der Waals surface area contributed by atoms with Crippen LogP contribution in [0.4, 0.5) is 0 Å². The number of ether oxygens (including phenoxy) is 1. The first-order valence-electron chi connectivity index (χ1n) is 12.9. The molecule has 3 heterocycles. The Bertz CT molecular complexity index is 1600. The van der Waals surface area contributed by atoms with Crippen molar-refractivity contribution in [3.63, 3.8) is 0 Å². The monoisotopic (exact) mass is 521 g/mol. The van der Waals surface area contributed by atoms with Gasteiger partial charge in [0.15, 0.2) is 5.78 Å². The molecule has 2 aliphatic rings. The fraction of sp³-hybridized carbons (Fsp3) is 0.226. The number of piperidine rings is 1. The summed E-state index contributed by atoms with van der Waals surface area (Å²) in [5, 5.41) is 13.7. The topological polar surface area (TPSA) is 102 Å². The molecule has 1 aromatic heterocycles. The standard InChI is InChI=1S/C31H27N3O5/c1-33-19-23(18-32-33)21-8-10-28-26(15-21)27(35)17-31(39-28)11-13-34(14-12-31)29(36)25-16-22(30(37)38)7-9-24(25)20-5-3-2-4-6-20/h2-10,15-16,18-19H,11-14,17H2,1H3,(H,37,38). The summed E-state index contributed by atoms with van der Waals surface area (Å²) in [4.78, 5) is 40.3. The molecule has 6 rings (SSSR count). The Hall–Kier alpha value is -4.72. The number of likely N-dealkylation sites (tertiary alicyclic amines) is 1. The van der Waals surface area contributed by atoms with Crippen molar-refractivity contribution in [2.75, 3.05) is 13.1 Å². The van der Waals surface area contributed by atoms with Gasteiger partial charge in [0.2, 0.25) is 0 Å². The van der Waals surface area contributed by atoms with Gasteiger partial charge in [-0.05, 0) is 41.0 Å². The Kier molecular flexibility index (Phi) is 6.02. The van der Waals surface area contributed by atoms with Gasteiger partial charge in [-0.3, -0.25) is 14.3 Å². The van der Waals surface area contributed by atoms with Crippen LogP contribution in [-0.2, 0) is 7.05 Å². The first-order valence-corrected chi connectivity index (χ1v) is 12.9. The maximum absolute atomic E-state index is 13.7. The summed E-state index contributed by atoms with van der Waals surface area (Å²) in [5.74, 6) is -0.711. The second kappa shape index (κ2) is 9.54. The van der Waals surface area contributed by atoms with Crippen LogP contribution < -0.4 is 4.74 Å². The Labute approximate surface area is 225 Å². The molecular weight excluding hydrogens is 494 g/mol. The fourth-order valence-corrected chi connectivity index (χ4v) is 5.53. The van der Waals surface area contributed by atoms with Crippen LogP contribution in [0.5, 0.6) is 5.75 Å². The average Bonchev–Trinajstić information content (AvgIpc) is 3.39. The lowest BCUT2D eigenvalue weighted by Crippen LogP contribution is -2.52. The summed E-state index contributed by atoms with van der Waals surface area (Å²) in [6.45, 7) is 0.807. The van der Waals surface area contributed by atoms with Crippen LogP contribution in [0.1, 0.15) is 50.3 Å². The number of aromatic nitrogens is 2. The van der Waals surface area contributed by atoms with Crippen molar-refractivity contribution in [1.82, 2.24) is 14.7 Å². The highest BCUT2D eigenvalue weighted by Crippen LogP contribution is 2.41. The van der Waals surface area contributed by atoms with Gasteiger partial charge in [0.25, 0.3) is 5.91 Å². The molecule has 8 nitrogen and oxygen atoms in total. The summed E-state index contributed by atoms with van der Waals surface area (Å²) in [7, 11) is 1.85. The van der Waals surface area contributed by atoms with Crippen molar-refractivity contribution >= 4 is 17.7 Å². The van der Waals surface area contributed by atoms with E-state index in [0.717, 1.165) is 16.7 Å². The normalized spacial score (nSPS) is 16.0. The molecule has 1 spiro atoms. The molecule has 0 aliphatic carbocycles. The number of carboxylic acid groups (broad SMARTS) is 1. The van der Waals surface area contributed by atoms with Crippen LogP contribution in [0.25, 0.3) is 22.3 Å². The average molecular weight is 522 g/mol. The van der Waals surface area contributed by atoms with Gasteiger partial charge < -0.3 is 14.7 Å². The van der Waals surface area contributed by atoms with Crippen molar-refractivity contribution in [3.8, 4) is 28.0 Å². The quantitative estimate of drug-likeness (QED) is 0.401. The molecule has 196 valence electrons. The number of aromatic carboxylic acids is 1. The molecule has 0 bridgehead atoms. The van der Waals surface area contributed by atoms with E-state index in [-0.39, 0.29) is 23.7 Å². The fourth-order valence-electron chi connectivity index (χ4n) is 5.53. The van der Waals surface area contributed by atoms with E-state index in [0.29, 0.717) is 48.4 Å². The van der Waals surface area contributed by atoms with Crippen molar-refractivity contribution in [1.29, 1.82) is 0 Å². The highest BCUT2D eigenvalue weighted by Gasteiger charge is 2.44. The molecule has 1 fully saturated rings. The molecule has 1 saturated heterocycles. The number of hydrogen-bond acceptors (Lipinski definition) is 5. The molecular formula is C31H27N3O5. The minimum Gasteiger partial charge on any atom is -0.486 e. The lowest BCUT2D eigenvalue weighted by atomic mass is 9.81. The molecule has 1 amide bonds. The van der Waals surface area contributed by atoms with Crippen LogP contribution in [0.3, 0.4) is 0 Å². The van der Waals surface area contributed by atoms with Gasteiger partial charge in [-0.25, -0.2) is 4.79 Å². The highest BCUT2D eigenvalue weighted by molar-refractivity contribution is 6.04. The Balaban J connectivity index is 1.22. The van der Waals surface area contributed by atoms with Gasteiger partial charge in [-0.1, -0.05) is 42.5 Å². The van der Waals surface area contributed by atoms with Crippen molar-refractivity contribution in [3.05, 3.63) is 95.8 Å². The maximum atomic E-state index is 13.7. The van der Waals surface area contributed by atoms with Crippen molar-refractivity contribution in [2.24, 2.45) is 7.05 Å². The van der Waals surface area contributed by atoms with E-state index in [1.165, 1.54) is 12.1 Å². The number of benzene rings is 3. The van der Waals surface area contributed by atoms with E-state index >= 15 is 0 Å². The zero-order valence-electron chi connectivity index (χ0n) is 21.5. The zero-order chi connectivity index (χ0) is 27.1. The molecule has 0 unspecified atom stereocenters. The highest BCUT2D eigenvalue weighted by atomic mass is 16.5. The van der Waals surface area contributed by atoms with E-state index in [9.17, 15) is 19.5 Å². The van der Waals surface area contributed by atoms with Gasteiger partial charge in [0.1, 0.15) is 11.4 Å².